The Morgan fingerprint density at radius 2 is 1.73 bits per heavy atom. The minimum Gasteiger partial charge on any atom is -0.403 e. The van der Waals surface area contributed by atoms with Gasteiger partial charge in [0.15, 0.2) is 5.71 Å². The fraction of sp³-hybridized carbons (Fsp3) is 0.667. The molecule has 0 aliphatic rings. The van der Waals surface area contributed by atoms with Gasteiger partial charge < -0.3 is 11.5 Å². The van der Waals surface area contributed by atoms with E-state index in [1.165, 1.54) is 0 Å². The zero-order valence-electron chi connectivity index (χ0n) is 9.02. The lowest BCUT2D eigenvalue weighted by atomic mass is 9.97. The predicted octanol–water partition coefficient (Wildman–Crippen LogP) is 1.79. The number of halogens is 3. The van der Waals surface area contributed by atoms with Gasteiger partial charge in [0.05, 0.1) is 5.70 Å². The van der Waals surface area contributed by atoms with Crippen LogP contribution in [0, 0.1) is 5.41 Å². The molecule has 0 aromatic carbocycles. The first-order valence-corrected chi connectivity index (χ1v) is 4.37. The van der Waals surface area contributed by atoms with Crippen LogP contribution in [0.2, 0.25) is 0 Å². The molecule has 3 nitrogen and oxygen atoms in total. The van der Waals surface area contributed by atoms with E-state index in [1.807, 2.05) is 0 Å². The molecule has 0 aromatic rings. The molecule has 0 bridgehead atoms. The molecule has 0 heterocycles. The van der Waals surface area contributed by atoms with Crippen molar-refractivity contribution in [2.45, 2.75) is 26.9 Å². The number of hydrogen-bond donors (Lipinski definition) is 2. The van der Waals surface area contributed by atoms with E-state index in [-0.39, 0.29) is 12.0 Å². The lowest BCUT2D eigenvalue weighted by Crippen LogP contribution is -2.30. The molecule has 88 valence electrons. The summed E-state index contributed by atoms with van der Waals surface area (Å²) in [7, 11) is 0. The fourth-order valence-corrected chi connectivity index (χ4v) is 0.740. The van der Waals surface area contributed by atoms with E-state index >= 15 is 0 Å². The molecule has 6 heteroatoms. The molecule has 0 saturated heterocycles. The summed E-state index contributed by atoms with van der Waals surface area (Å²) in [6, 6.07) is 0. The summed E-state index contributed by atoms with van der Waals surface area (Å²) in [5.74, 6) is 0. The predicted molar refractivity (Wildman–Crippen MR) is 54.3 cm³/mol. The van der Waals surface area contributed by atoms with Gasteiger partial charge in [0.25, 0.3) is 0 Å². The molecule has 0 unspecified atom stereocenters. The minimum absolute atomic E-state index is 0.0381. The van der Waals surface area contributed by atoms with Crippen molar-refractivity contribution < 1.29 is 13.2 Å². The number of allylic oxidation sites excluding steroid dienone is 1. The highest BCUT2D eigenvalue weighted by Gasteiger charge is 2.37. The van der Waals surface area contributed by atoms with E-state index in [0.717, 1.165) is 0 Å². The number of aliphatic imine (C=N–C) groups is 1. The normalized spacial score (nSPS) is 15.6. The van der Waals surface area contributed by atoms with Crippen molar-refractivity contribution in [3.63, 3.8) is 0 Å². The van der Waals surface area contributed by atoms with Crippen LogP contribution >= 0.6 is 0 Å². The van der Waals surface area contributed by atoms with Gasteiger partial charge in [-0.3, -0.25) is 4.99 Å². The van der Waals surface area contributed by atoms with Gasteiger partial charge in [0.1, 0.15) is 0 Å². The maximum atomic E-state index is 12.4. The summed E-state index contributed by atoms with van der Waals surface area (Å²) in [5, 5.41) is 0. The molecular formula is C9H16F3N3. The van der Waals surface area contributed by atoms with Crippen molar-refractivity contribution in [1.82, 2.24) is 0 Å². The van der Waals surface area contributed by atoms with Gasteiger partial charge >= 0.3 is 6.18 Å². The Kier molecular flexibility index (Phi) is 4.18. The Labute approximate surface area is 87.0 Å². The molecule has 0 aliphatic carbocycles. The number of nitrogens with zero attached hydrogens (tertiary/aromatic N) is 1. The molecule has 0 fully saturated rings. The Morgan fingerprint density at radius 1 is 1.27 bits per heavy atom. The standard InChI is InChI=1S/C9H16F3N3/c1-8(2,3)5-15-7(6(14)4-13)9(10,11)12/h4H,5,13-14H2,1-3H3/b6-4+,15-7?. The largest absolute Gasteiger partial charge is 0.435 e. The molecule has 0 aromatic heterocycles. The zero-order chi connectivity index (χ0) is 12.3. The van der Waals surface area contributed by atoms with Crippen LogP contribution in [-0.2, 0) is 0 Å². The van der Waals surface area contributed by atoms with E-state index in [9.17, 15) is 13.2 Å². The molecule has 0 atom stereocenters. The zero-order valence-corrected chi connectivity index (χ0v) is 9.02. The van der Waals surface area contributed by atoms with Crippen LogP contribution in [0.5, 0.6) is 0 Å². The molecule has 0 aliphatic heterocycles. The second-order valence-electron chi connectivity index (χ2n) is 4.35. The number of hydrogen-bond acceptors (Lipinski definition) is 3. The van der Waals surface area contributed by atoms with Gasteiger partial charge in [0.2, 0.25) is 0 Å². The minimum atomic E-state index is -4.56. The van der Waals surface area contributed by atoms with Crippen LogP contribution < -0.4 is 11.5 Å². The van der Waals surface area contributed by atoms with Crippen LogP contribution in [0.15, 0.2) is 16.9 Å². The average molecular weight is 223 g/mol. The molecule has 0 radical (unpaired) electrons. The molecule has 0 amide bonds. The molecule has 0 spiro atoms. The highest BCUT2D eigenvalue weighted by atomic mass is 19.4. The third-order valence-corrected chi connectivity index (χ3v) is 1.43. The third-order valence-electron chi connectivity index (χ3n) is 1.43. The third kappa shape index (κ3) is 5.29. The van der Waals surface area contributed by atoms with E-state index in [4.69, 9.17) is 11.5 Å². The van der Waals surface area contributed by atoms with Gasteiger partial charge in [0, 0.05) is 12.7 Å². The molecule has 0 rings (SSSR count). The summed E-state index contributed by atoms with van der Waals surface area (Å²) in [4.78, 5) is 3.46. The van der Waals surface area contributed by atoms with E-state index in [2.05, 4.69) is 4.99 Å². The summed E-state index contributed by atoms with van der Waals surface area (Å²) >= 11 is 0. The maximum absolute atomic E-state index is 12.4. The molecule has 4 N–H and O–H groups in total. The lowest BCUT2D eigenvalue weighted by Gasteiger charge is -2.17. The van der Waals surface area contributed by atoms with E-state index < -0.39 is 17.6 Å². The first-order valence-electron chi connectivity index (χ1n) is 4.37. The van der Waals surface area contributed by atoms with Crippen LogP contribution in [-0.4, -0.2) is 18.4 Å². The SMILES string of the molecule is CC(C)(C)CN=C(/C(N)=C\N)C(F)(F)F. The fourth-order valence-electron chi connectivity index (χ4n) is 0.740. The van der Waals surface area contributed by atoms with Crippen LogP contribution in [0.3, 0.4) is 0 Å². The van der Waals surface area contributed by atoms with Crippen molar-refractivity contribution in [3.8, 4) is 0 Å². The number of nitrogens with two attached hydrogens (primary N) is 2. The Balaban J connectivity index is 4.98. The van der Waals surface area contributed by atoms with Crippen LogP contribution in [0.1, 0.15) is 20.8 Å². The van der Waals surface area contributed by atoms with Crippen molar-refractivity contribution in [1.29, 1.82) is 0 Å². The topological polar surface area (TPSA) is 64.4 Å². The van der Waals surface area contributed by atoms with Crippen molar-refractivity contribution in [2.24, 2.45) is 21.9 Å². The summed E-state index contributed by atoms with van der Waals surface area (Å²) in [6.45, 7) is 5.39. The van der Waals surface area contributed by atoms with Gasteiger partial charge in [-0.2, -0.15) is 13.2 Å². The summed E-state index contributed by atoms with van der Waals surface area (Å²) < 4.78 is 37.3. The van der Waals surface area contributed by atoms with Crippen molar-refractivity contribution >= 4 is 5.71 Å². The first-order chi connectivity index (χ1) is 6.58. The second-order valence-corrected chi connectivity index (χ2v) is 4.35. The molecular weight excluding hydrogens is 207 g/mol. The lowest BCUT2D eigenvalue weighted by molar-refractivity contribution is -0.0585. The Bertz CT molecular complexity index is 271. The Morgan fingerprint density at radius 3 is 2.00 bits per heavy atom. The average Bonchev–Trinajstić information content (AvgIpc) is 1.99. The van der Waals surface area contributed by atoms with Crippen LogP contribution in [0.25, 0.3) is 0 Å². The van der Waals surface area contributed by atoms with Gasteiger partial charge in [-0.25, -0.2) is 0 Å². The highest BCUT2D eigenvalue weighted by molar-refractivity contribution is 6.03. The van der Waals surface area contributed by atoms with Gasteiger partial charge in [-0.05, 0) is 5.41 Å². The highest BCUT2D eigenvalue weighted by Crippen LogP contribution is 2.22. The van der Waals surface area contributed by atoms with E-state index in [1.54, 1.807) is 20.8 Å². The Hall–Kier alpha value is -1.20. The van der Waals surface area contributed by atoms with Crippen molar-refractivity contribution in [2.75, 3.05) is 6.54 Å². The second kappa shape index (κ2) is 4.55. The smallest absolute Gasteiger partial charge is 0.403 e. The summed E-state index contributed by atoms with van der Waals surface area (Å²) in [5.41, 5.74) is 8.07. The number of rotatable bonds is 2. The van der Waals surface area contributed by atoms with Crippen molar-refractivity contribution in [3.05, 3.63) is 11.9 Å². The maximum Gasteiger partial charge on any atom is 0.435 e. The monoisotopic (exact) mass is 223 g/mol. The first kappa shape index (κ1) is 13.8. The molecule has 0 saturated carbocycles. The molecule has 15 heavy (non-hydrogen) atoms. The quantitative estimate of drug-likeness (QED) is 0.701. The number of alkyl halides is 3. The summed E-state index contributed by atoms with van der Waals surface area (Å²) in [6.07, 6.45) is -3.86. The van der Waals surface area contributed by atoms with Gasteiger partial charge in [-0.15, -0.1) is 0 Å². The van der Waals surface area contributed by atoms with Crippen LogP contribution in [0.4, 0.5) is 13.2 Å². The van der Waals surface area contributed by atoms with Gasteiger partial charge in [-0.1, -0.05) is 20.8 Å². The van der Waals surface area contributed by atoms with E-state index in [0.29, 0.717) is 6.20 Å².